The Labute approximate surface area is 143 Å². The molecule has 124 valence electrons. The highest BCUT2D eigenvalue weighted by Gasteiger charge is 2.18. The lowest BCUT2D eigenvalue weighted by atomic mass is 9.91. The first kappa shape index (κ1) is 16.3. The van der Waals surface area contributed by atoms with E-state index < -0.39 is 0 Å². The van der Waals surface area contributed by atoms with E-state index in [9.17, 15) is 4.79 Å². The van der Waals surface area contributed by atoms with Crippen LogP contribution in [0, 0.1) is 0 Å². The van der Waals surface area contributed by atoms with E-state index in [1.165, 1.54) is 16.5 Å². The smallest absolute Gasteiger partial charge is 0.220 e. The van der Waals surface area contributed by atoms with Crippen molar-refractivity contribution in [1.82, 2.24) is 10.3 Å². The van der Waals surface area contributed by atoms with E-state index in [0.717, 1.165) is 18.4 Å². The first-order valence-corrected chi connectivity index (χ1v) is 8.67. The standard InChI is InChI=1S/C21H24N2O/c1-2-3-13-21(24)23-14-18(16-9-5-4-6-10-16)19-15-22-20-12-8-7-11-17(19)20/h4-12,15,18,22H,2-3,13-14H2,1H3,(H,23,24)/t18-/m0/s1. The van der Waals surface area contributed by atoms with E-state index in [0.29, 0.717) is 13.0 Å². The lowest BCUT2D eigenvalue weighted by molar-refractivity contribution is -0.121. The van der Waals surface area contributed by atoms with Crippen LogP contribution in [0.3, 0.4) is 0 Å². The fourth-order valence-corrected chi connectivity index (χ4v) is 3.12. The van der Waals surface area contributed by atoms with E-state index in [4.69, 9.17) is 0 Å². The van der Waals surface area contributed by atoms with Gasteiger partial charge in [-0.05, 0) is 23.6 Å². The average Bonchev–Trinajstić information content (AvgIpc) is 3.05. The van der Waals surface area contributed by atoms with Gasteiger partial charge in [0.25, 0.3) is 0 Å². The maximum atomic E-state index is 12.1. The second-order valence-corrected chi connectivity index (χ2v) is 6.16. The summed E-state index contributed by atoms with van der Waals surface area (Å²) in [6.45, 7) is 2.72. The summed E-state index contributed by atoms with van der Waals surface area (Å²) in [5.41, 5.74) is 3.58. The summed E-state index contributed by atoms with van der Waals surface area (Å²) in [7, 11) is 0. The van der Waals surface area contributed by atoms with Gasteiger partial charge in [-0.2, -0.15) is 0 Å². The zero-order valence-electron chi connectivity index (χ0n) is 14.1. The molecule has 1 heterocycles. The van der Waals surface area contributed by atoms with Gasteiger partial charge in [0.05, 0.1) is 0 Å². The molecule has 2 aromatic carbocycles. The third-order valence-electron chi connectivity index (χ3n) is 4.46. The Hall–Kier alpha value is -2.55. The molecule has 3 nitrogen and oxygen atoms in total. The lowest BCUT2D eigenvalue weighted by Gasteiger charge is -2.18. The third-order valence-corrected chi connectivity index (χ3v) is 4.46. The third kappa shape index (κ3) is 3.67. The van der Waals surface area contributed by atoms with Crippen LogP contribution in [0.1, 0.15) is 43.2 Å². The Morgan fingerprint density at radius 2 is 1.83 bits per heavy atom. The van der Waals surface area contributed by atoms with Gasteiger partial charge >= 0.3 is 0 Å². The lowest BCUT2D eigenvalue weighted by Crippen LogP contribution is -2.28. The predicted molar refractivity (Wildman–Crippen MR) is 99.1 cm³/mol. The average molecular weight is 320 g/mol. The van der Waals surface area contributed by atoms with Crippen LogP contribution in [-0.2, 0) is 4.79 Å². The maximum Gasteiger partial charge on any atom is 0.220 e. The van der Waals surface area contributed by atoms with Crippen molar-refractivity contribution in [3.05, 3.63) is 71.9 Å². The number of carbonyl (C=O) groups excluding carboxylic acids is 1. The van der Waals surface area contributed by atoms with E-state index in [1.54, 1.807) is 0 Å². The molecule has 3 rings (SSSR count). The van der Waals surface area contributed by atoms with Crippen LogP contribution in [0.4, 0.5) is 0 Å². The van der Waals surface area contributed by atoms with Crippen LogP contribution in [0.15, 0.2) is 60.8 Å². The molecule has 2 N–H and O–H groups in total. The quantitative estimate of drug-likeness (QED) is 0.656. The maximum absolute atomic E-state index is 12.1. The molecule has 0 aliphatic carbocycles. The van der Waals surface area contributed by atoms with Crippen LogP contribution < -0.4 is 5.32 Å². The molecule has 0 unspecified atom stereocenters. The Kier molecular flexibility index (Phi) is 5.32. The fourth-order valence-electron chi connectivity index (χ4n) is 3.12. The molecule has 0 fully saturated rings. The number of fused-ring (bicyclic) bond motifs is 1. The van der Waals surface area contributed by atoms with Gasteiger partial charge in [0, 0.05) is 36.0 Å². The number of benzene rings is 2. The molecule has 0 aliphatic rings. The first-order valence-electron chi connectivity index (χ1n) is 8.67. The summed E-state index contributed by atoms with van der Waals surface area (Å²) in [5.74, 6) is 0.283. The first-order chi connectivity index (χ1) is 11.8. The van der Waals surface area contributed by atoms with E-state index in [-0.39, 0.29) is 11.8 Å². The van der Waals surface area contributed by atoms with Crippen molar-refractivity contribution in [2.75, 3.05) is 6.54 Å². The molecular weight excluding hydrogens is 296 g/mol. The van der Waals surface area contributed by atoms with Gasteiger partial charge in [0.1, 0.15) is 0 Å². The molecule has 3 aromatic rings. The van der Waals surface area contributed by atoms with E-state index in [1.807, 2.05) is 12.1 Å². The Morgan fingerprint density at radius 1 is 1.08 bits per heavy atom. The molecule has 24 heavy (non-hydrogen) atoms. The largest absolute Gasteiger partial charge is 0.361 e. The SMILES string of the molecule is CCCCC(=O)NC[C@@H](c1ccccc1)c1c[nH]c2ccccc12. The number of nitrogens with one attached hydrogen (secondary N) is 2. The fraction of sp³-hybridized carbons (Fsp3) is 0.286. The van der Waals surface area contributed by atoms with Crippen molar-refractivity contribution in [2.45, 2.75) is 32.1 Å². The van der Waals surface area contributed by atoms with Crippen molar-refractivity contribution < 1.29 is 4.79 Å². The molecular formula is C21H24N2O. The number of rotatable bonds is 7. The summed E-state index contributed by atoms with van der Waals surface area (Å²) in [6, 6.07) is 18.7. The zero-order valence-corrected chi connectivity index (χ0v) is 14.1. The summed E-state index contributed by atoms with van der Waals surface area (Å²) >= 11 is 0. The molecule has 0 radical (unpaired) electrons. The Morgan fingerprint density at radius 3 is 2.62 bits per heavy atom. The van der Waals surface area contributed by atoms with Crippen LogP contribution >= 0.6 is 0 Å². The second-order valence-electron chi connectivity index (χ2n) is 6.16. The van der Waals surface area contributed by atoms with Crippen LogP contribution in [0.5, 0.6) is 0 Å². The molecule has 0 aliphatic heterocycles. The number of para-hydroxylation sites is 1. The number of H-pyrrole nitrogens is 1. The number of amides is 1. The van der Waals surface area contributed by atoms with Gasteiger partial charge in [-0.25, -0.2) is 0 Å². The molecule has 0 saturated heterocycles. The van der Waals surface area contributed by atoms with E-state index in [2.05, 4.69) is 65.9 Å². The van der Waals surface area contributed by atoms with E-state index >= 15 is 0 Å². The van der Waals surface area contributed by atoms with Gasteiger partial charge in [-0.15, -0.1) is 0 Å². The zero-order chi connectivity index (χ0) is 16.8. The molecule has 0 spiro atoms. The number of carbonyl (C=O) groups is 1. The summed E-state index contributed by atoms with van der Waals surface area (Å²) in [6.07, 6.45) is 4.65. The number of aromatic nitrogens is 1. The second kappa shape index (κ2) is 7.82. The molecule has 1 atom stereocenters. The van der Waals surface area contributed by atoms with Crippen molar-refractivity contribution in [2.24, 2.45) is 0 Å². The highest BCUT2D eigenvalue weighted by Crippen LogP contribution is 2.30. The summed E-state index contributed by atoms with van der Waals surface area (Å²) in [4.78, 5) is 15.4. The van der Waals surface area contributed by atoms with Crippen LogP contribution in [-0.4, -0.2) is 17.4 Å². The van der Waals surface area contributed by atoms with Crippen molar-refractivity contribution in [3.8, 4) is 0 Å². The van der Waals surface area contributed by atoms with Crippen molar-refractivity contribution in [3.63, 3.8) is 0 Å². The van der Waals surface area contributed by atoms with Gasteiger partial charge in [0.15, 0.2) is 0 Å². The van der Waals surface area contributed by atoms with Gasteiger partial charge < -0.3 is 10.3 Å². The molecule has 0 bridgehead atoms. The minimum absolute atomic E-state index is 0.137. The highest BCUT2D eigenvalue weighted by atomic mass is 16.1. The number of hydrogen-bond acceptors (Lipinski definition) is 1. The normalized spacial score (nSPS) is 12.2. The number of hydrogen-bond donors (Lipinski definition) is 2. The summed E-state index contributed by atoms with van der Waals surface area (Å²) < 4.78 is 0. The molecule has 3 heteroatoms. The molecule has 0 saturated carbocycles. The minimum atomic E-state index is 0.137. The highest BCUT2D eigenvalue weighted by molar-refractivity contribution is 5.84. The van der Waals surface area contributed by atoms with Gasteiger partial charge in [-0.3, -0.25) is 4.79 Å². The number of unbranched alkanes of at least 4 members (excludes halogenated alkanes) is 1. The summed E-state index contributed by atoms with van der Waals surface area (Å²) in [5, 5.41) is 4.33. The molecule has 1 aromatic heterocycles. The molecule has 1 amide bonds. The van der Waals surface area contributed by atoms with Gasteiger partial charge in [-0.1, -0.05) is 61.9 Å². The van der Waals surface area contributed by atoms with Crippen LogP contribution in [0.2, 0.25) is 0 Å². The Bertz CT molecular complexity index is 792. The predicted octanol–water partition coefficient (Wildman–Crippen LogP) is 4.61. The Balaban J connectivity index is 1.87. The minimum Gasteiger partial charge on any atom is -0.361 e. The monoisotopic (exact) mass is 320 g/mol. The van der Waals surface area contributed by atoms with Gasteiger partial charge in [0.2, 0.25) is 5.91 Å². The van der Waals surface area contributed by atoms with Crippen molar-refractivity contribution >= 4 is 16.8 Å². The van der Waals surface area contributed by atoms with Crippen LogP contribution in [0.25, 0.3) is 10.9 Å². The topological polar surface area (TPSA) is 44.9 Å². The number of aromatic amines is 1. The van der Waals surface area contributed by atoms with Crippen molar-refractivity contribution in [1.29, 1.82) is 0 Å².